The zero-order valence-electron chi connectivity index (χ0n) is 15.4. The number of hydrogen-bond acceptors (Lipinski definition) is 4. The predicted octanol–water partition coefficient (Wildman–Crippen LogP) is 2.60. The fraction of sp³-hybridized carbons (Fsp3) is 0.381. The molecule has 0 saturated carbocycles. The van der Waals surface area contributed by atoms with Crippen molar-refractivity contribution in [3.63, 3.8) is 0 Å². The number of benzene rings is 2. The van der Waals surface area contributed by atoms with E-state index in [-0.39, 0.29) is 25.2 Å². The van der Waals surface area contributed by atoms with Gasteiger partial charge in [0.25, 0.3) is 0 Å². The third-order valence-corrected chi connectivity index (χ3v) is 4.70. The van der Waals surface area contributed by atoms with Gasteiger partial charge >= 0.3 is 0 Å². The largest absolute Gasteiger partial charge is 0.491 e. The standard InChI is InChI=1S/C21H26N2O3/c1-16-6-8-19(9-7-16)23-13-17(2)22(15-21(23)25)14-18-4-3-5-20(12-18)26-11-10-24/h3-9,12,17,24H,10-11,13-15H2,1-2H3/t17-/m1/s1. The summed E-state index contributed by atoms with van der Waals surface area (Å²) in [5.74, 6) is 0.869. The van der Waals surface area contributed by atoms with Crippen LogP contribution in [0.4, 0.5) is 5.69 Å². The first kappa shape index (κ1) is 18.4. The van der Waals surface area contributed by atoms with Crippen LogP contribution >= 0.6 is 0 Å². The summed E-state index contributed by atoms with van der Waals surface area (Å²) in [5, 5.41) is 8.88. The molecule has 1 aliphatic rings. The topological polar surface area (TPSA) is 53.0 Å². The van der Waals surface area contributed by atoms with Gasteiger partial charge in [0.05, 0.1) is 13.2 Å². The van der Waals surface area contributed by atoms with Gasteiger partial charge in [0, 0.05) is 24.8 Å². The van der Waals surface area contributed by atoms with Gasteiger partial charge in [-0.2, -0.15) is 0 Å². The number of nitrogens with zero attached hydrogens (tertiary/aromatic N) is 2. The van der Waals surface area contributed by atoms with E-state index in [9.17, 15) is 4.79 Å². The summed E-state index contributed by atoms with van der Waals surface area (Å²) in [6, 6.07) is 16.2. The monoisotopic (exact) mass is 354 g/mol. The van der Waals surface area contributed by atoms with Gasteiger partial charge in [-0.15, -0.1) is 0 Å². The highest BCUT2D eigenvalue weighted by atomic mass is 16.5. The molecular formula is C21H26N2O3. The zero-order chi connectivity index (χ0) is 18.5. The molecule has 1 heterocycles. The van der Waals surface area contributed by atoms with Crippen LogP contribution in [0, 0.1) is 6.92 Å². The molecule has 5 heteroatoms. The van der Waals surface area contributed by atoms with Gasteiger partial charge in [-0.3, -0.25) is 9.69 Å². The highest BCUT2D eigenvalue weighted by Gasteiger charge is 2.30. The maximum atomic E-state index is 12.7. The Morgan fingerprint density at radius 2 is 1.96 bits per heavy atom. The number of anilines is 1. The Morgan fingerprint density at radius 3 is 2.69 bits per heavy atom. The first-order chi connectivity index (χ1) is 12.6. The summed E-state index contributed by atoms with van der Waals surface area (Å²) in [7, 11) is 0. The van der Waals surface area contributed by atoms with Crippen LogP contribution in [-0.2, 0) is 11.3 Å². The Hall–Kier alpha value is -2.37. The van der Waals surface area contributed by atoms with Gasteiger partial charge in [0.15, 0.2) is 0 Å². The fourth-order valence-corrected chi connectivity index (χ4v) is 3.21. The minimum Gasteiger partial charge on any atom is -0.491 e. The van der Waals surface area contributed by atoms with Gasteiger partial charge in [-0.25, -0.2) is 0 Å². The van der Waals surface area contributed by atoms with Gasteiger partial charge in [-0.05, 0) is 43.7 Å². The van der Waals surface area contributed by atoms with Gasteiger partial charge in [0.2, 0.25) is 5.91 Å². The second kappa shape index (κ2) is 8.34. The van der Waals surface area contributed by atoms with E-state index in [1.54, 1.807) is 0 Å². The van der Waals surface area contributed by atoms with Crippen LogP contribution in [0.1, 0.15) is 18.1 Å². The molecule has 0 spiro atoms. The van der Waals surface area contributed by atoms with Crippen molar-refractivity contribution in [2.24, 2.45) is 0 Å². The second-order valence-corrected chi connectivity index (χ2v) is 6.81. The van der Waals surface area contributed by atoms with Crippen molar-refractivity contribution >= 4 is 11.6 Å². The molecule has 138 valence electrons. The smallest absolute Gasteiger partial charge is 0.241 e. The highest BCUT2D eigenvalue weighted by molar-refractivity contribution is 5.95. The van der Waals surface area contributed by atoms with E-state index in [0.29, 0.717) is 19.6 Å². The van der Waals surface area contributed by atoms with Crippen LogP contribution in [-0.4, -0.2) is 48.3 Å². The van der Waals surface area contributed by atoms with E-state index in [1.165, 1.54) is 5.56 Å². The summed E-state index contributed by atoms with van der Waals surface area (Å²) >= 11 is 0. The maximum Gasteiger partial charge on any atom is 0.241 e. The van der Waals surface area contributed by atoms with Crippen LogP contribution in [0.5, 0.6) is 5.75 Å². The maximum absolute atomic E-state index is 12.7. The van der Waals surface area contributed by atoms with E-state index in [0.717, 1.165) is 17.0 Å². The number of amides is 1. The Labute approximate surface area is 154 Å². The van der Waals surface area contributed by atoms with E-state index in [2.05, 4.69) is 11.8 Å². The summed E-state index contributed by atoms with van der Waals surface area (Å²) in [4.78, 5) is 16.7. The van der Waals surface area contributed by atoms with Crippen molar-refractivity contribution in [3.8, 4) is 5.75 Å². The molecule has 2 aromatic carbocycles. The third kappa shape index (κ3) is 4.42. The Kier molecular flexibility index (Phi) is 5.91. The predicted molar refractivity (Wildman–Crippen MR) is 102 cm³/mol. The molecule has 0 bridgehead atoms. The SMILES string of the molecule is Cc1ccc(N2C[C@@H](C)N(Cc3cccc(OCCO)c3)CC2=O)cc1. The van der Waals surface area contributed by atoms with Crippen molar-refractivity contribution in [2.75, 3.05) is 31.2 Å². The van der Waals surface area contributed by atoms with Crippen molar-refractivity contribution in [1.82, 2.24) is 4.90 Å². The molecule has 1 amide bonds. The Morgan fingerprint density at radius 1 is 1.19 bits per heavy atom. The summed E-state index contributed by atoms with van der Waals surface area (Å²) in [6.45, 7) is 6.26. The lowest BCUT2D eigenvalue weighted by atomic mass is 10.1. The molecule has 1 fully saturated rings. The van der Waals surface area contributed by atoms with E-state index in [1.807, 2.05) is 60.4 Å². The number of aliphatic hydroxyl groups excluding tert-OH is 1. The molecule has 26 heavy (non-hydrogen) atoms. The first-order valence-electron chi connectivity index (χ1n) is 9.00. The number of aliphatic hydroxyl groups is 1. The van der Waals surface area contributed by atoms with Crippen LogP contribution in [0.25, 0.3) is 0 Å². The minimum absolute atomic E-state index is 0.00324. The Bertz CT molecular complexity index is 745. The minimum atomic E-state index is -0.00324. The number of aryl methyl sites for hydroxylation is 1. The van der Waals surface area contributed by atoms with Crippen LogP contribution in [0.2, 0.25) is 0 Å². The number of ether oxygens (including phenoxy) is 1. The highest BCUT2D eigenvalue weighted by Crippen LogP contribution is 2.23. The third-order valence-electron chi connectivity index (χ3n) is 4.70. The second-order valence-electron chi connectivity index (χ2n) is 6.81. The van der Waals surface area contributed by atoms with Gasteiger partial charge in [0.1, 0.15) is 12.4 Å². The molecule has 1 aliphatic heterocycles. The molecule has 5 nitrogen and oxygen atoms in total. The van der Waals surface area contributed by atoms with E-state index >= 15 is 0 Å². The number of carbonyl (C=O) groups excluding carboxylic acids is 1. The zero-order valence-corrected chi connectivity index (χ0v) is 15.4. The number of carbonyl (C=O) groups is 1. The average molecular weight is 354 g/mol. The lowest BCUT2D eigenvalue weighted by Crippen LogP contribution is -2.54. The number of hydrogen-bond donors (Lipinski definition) is 1. The molecule has 0 radical (unpaired) electrons. The summed E-state index contributed by atoms with van der Waals surface area (Å²) < 4.78 is 5.47. The Balaban J connectivity index is 1.66. The molecular weight excluding hydrogens is 328 g/mol. The number of piperazine rings is 1. The molecule has 0 unspecified atom stereocenters. The lowest BCUT2D eigenvalue weighted by Gasteiger charge is -2.39. The van der Waals surface area contributed by atoms with E-state index in [4.69, 9.17) is 9.84 Å². The van der Waals surface area contributed by atoms with Gasteiger partial charge in [-0.1, -0.05) is 29.8 Å². The first-order valence-corrected chi connectivity index (χ1v) is 9.00. The van der Waals surface area contributed by atoms with Crippen LogP contribution < -0.4 is 9.64 Å². The fourth-order valence-electron chi connectivity index (χ4n) is 3.21. The normalized spacial score (nSPS) is 18.2. The molecule has 1 atom stereocenters. The van der Waals surface area contributed by atoms with Gasteiger partial charge < -0.3 is 14.7 Å². The quantitative estimate of drug-likeness (QED) is 0.866. The molecule has 3 rings (SSSR count). The van der Waals surface area contributed by atoms with Crippen molar-refractivity contribution in [2.45, 2.75) is 26.4 Å². The molecule has 2 aromatic rings. The van der Waals surface area contributed by atoms with Crippen molar-refractivity contribution < 1.29 is 14.6 Å². The lowest BCUT2D eigenvalue weighted by molar-refractivity contribution is -0.122. The summed E-state index contributed by atoms with van der Waals surface area (Å²) in [5.41, 5.74) is 3.26. The molecule has 0 aliphatic carbocycles. The van der Waals surface area contributed by atoms with E-state index < -0.39 is 0 Å². The van der Waals surface area contributed by atoms with Crippen molar-refractivity contribution in [1.29, 1.82) is 0 Å². The molecule has 1 N–H and O–H groups in total. The molecule has 1 saturated heterocycles. The number of rotatable bonds is 6. The summed E-state index contributed by atoms with van der Waals surface area (Å²) in [6.07, 6.45) is 0. The van der Waals surface area contributed by atoms with Crippen LogP contribution in [0.3, 0.4) is 0 Å². The molecule has 0 aromatic heterocycles. The average Bonchev–Trinajstić information content (AvgIpc) is 2.64. The van der Waals surface area contributed by atoms with Crippen LogP contribution in [0.15, 0.2) is 48.5 Å². The van der Waals surface area contributed by atoms with Crippen molar-refractivity contribution in [3.05, 3.63) is 59.7 Å².